The molecule has 0 saturated heterocycles. The zero-order valence-electron chi connectivity index (χ0n) is 4.97. The van der Waals surface area contributed by atoms with Gasteiger partial charge in [0, 0.05) is 6.20 Å². The van der Waals surface area contributed by atoms with E-state index in [-0.39, 0.29) is 5.02 Å². The SMILES string of the molecule is NC(=O)c1cn[c]c(Cl)c1. The lowest BCUT2D eigenvalue weighted by atomic mass is 10.3. The van der Waals surface area contributed by atoms with Crippen LogP contribution in [0.3, 0.4) is 0 Å². The van der Waals surface area contributed by atoms with Crippen LogP contribution in [0.25, 0.3) is 0 Å². The molecule has 0 aromatic carbocycles. The highest BCUT2D eigenvalue weighted by Gasteiger charge is 1.99. The zero-order chi connectivity index (χ0) is 7.56. The Hall–Kier alpha value is -1.09. The molecule has 0 saturated carbocycles. The molecule has 10 heavy (non-hydrogen) atoms. The molecule has 0 aliphatic rings. The van der Waals surface area contributed by atoms with Crippen LogP contribution in [0, 0.1) is 6.20 Å². The minimum absolute atomic E-state index is 0.288. The fourth-order valence-electron chi connectivity index (χ4n) is 0.504. The Morgan fingerprint density at radius 1 is 1.80 bits per heavy atom. The summed E-state index contributed by atoms with van der Waals surface area (Å²) in [6.07, 6.45) is 3.75. The van der Waals surface area contributed by atoms with E-state index in [1.54, 1.807) is 0 Å². The number of aromatic nitrogens is 1. The Kier molecular flexibility index (Phi) is 1.87. The summed E-state index contributed by atoms with van der Waals surface area (Å²) in [5.74, 6) is -0.539. The topological polar surface area (TPSA) is 56.0 Å². The first-order valence-electron chi connectivity index (χ1n) is 2.53. The molecule has 1 radical (unpaired) electrons. The van der Waals surface area contributed by atoms with E-state index in [4.69, 9.17) is 17.3 Å². The number of carbonyl (C=O) groups is 1. The summed E-state index contributed by atoms with van der Waals surface area (Å²) in [4.78, 5) is 14.0. The van der Waals surface area contributed by atoms with Gasteiger partial charge in [-0.3, -0.25) is 9.78 Å². The smallest absolute Gasteiger partial charge is 0.250 e. The Morgan fingerprint density at radius 2 is 2.50 bits per heavy atom. The van der Waals surface area contributed by atoms with Crippen molar-refractivity contribution in [3.63, 3.8) is 0 Å². The number of primary amides is 1. The van der Waals surface area contributed by atoms with Crippen molar-refractivity contribution in [3.8, 4) is 0 Å². The molecule has 4 heteroatoms. The highest BCUT2D eigenvalue weighted by molar-refractivity contribution is 6.30. The van der Waals surface area contributed by atoms with Gasteiger partial charge < -0.3 is 5.73 Å². The van der Waals surface area contributed by atoms with Crippen molar-refractivity contribution in [2.24, 2.45) is 5.73 Å². The first-order valence-corrected chi connectivity index (χ1v) is 2.91. The minimum Gasteiger partial charge on any atom is -0.366 e. The maximum absolute atomic E-state index is 10.5. The Labute approximate surface area is 62.8 Å². The predicted molar refractivity (Wildman–Crippen MR) is 36.6 cm³/mol. The number of hydrogen-bond acceptors (Lipinski definition) is 2. The van der Waals surface area contributed by atoms with Crippen LogP contribution in [-0.4, -0.2) is 10.9 Å². The normalized spacial score (nSPS) is 9.30. The first kappa shape index (κ1) is 7.02. The van der Waals surface area contributed by atoms with Crippen LogP contribution in [0.5, 0.6) is 0 Å². The summed E-state index contributed by atoms with van der Waals surface area (Å²) < 4.78 is 0. The standard InChI is InChI=1S/C6H4ClN2O/c7-5-1-4(6(8)10)2-9-3-5/h1-2H,(H2,8,10). The molecule has 1 aromatic rings. The summed E-state index contributed by atoms with van der Waals surface area (Å²) in [5, 5.41) is 0.288. The summed E-state index contributed by atoms with van der Waals surface area (Å²) in [7, 11) is 0. The molecule has 0 unspecified atom stereocenters. The third kappa shape index (κ3) is 1.45. The Morgan fingerprint density at radius 3 is 2.90 bits per heavy atom. The monoisotopic (exact) mass is 155 g/mol. The van der Waals surface area contributed by atoms with Crippen LogP contribution in [0.2, 0.25) is 5.02 Å². The van der Waals surface area contributed by atoms with Crippen LogP contribution >= 0.6 is 11.6 Å². The predicted octanol–water partition coefficient (Wildman–Crippen LogP) is 0.634. The lowest BCUT2D eigenvalue weighted by Crippen LogP contribution is -2.10. The van der Waals surface area contributed by atoms with Crippen LogP contribution in [0.1, 0.15) is 10.4 Å². The Bertz CT molecular complexity index is 262. The van der Waals surface area contributed by atoms with E-state index < -0.39 is 5.91 Å². The van der Waals surface area contributed by atoms with Crippen LogP contribution in [0.4, 0.5) is 0 Å². The molecular formula is C6H4ClN2O. The summed E-state index contributed by atoms with van der Waals surface area (Å²) in [6.45, 7) is 0. The molecule has 1 rings (SSSR count). The molecule has 3 nitrogen and oxygen atoms in total. The van der Waals surface area contributed by atoms with E-state index in [2.05, 4.69) is 11.2 Å². The largest absolute Gasteiger partial charge is 0.366 e. The summed E-state index contributed by atoms with van der Waals surface area (Å²) >= 11 is 5.46. The maximum atomic E-state index is 10.5. The quantitative estimate of drug-likeness (QED) is 0.647. The number of hydrogen-bond donors (Lipinski definition) is 1. The van der Waals surface area contributed by atoms with Gasteiger partial charge in [0.25, 0.3) is 0 Å². The van der Waals surface area contributed by atoms with E-state index >= 15 is 0 Å². The Balaban J connectivity index is 3.07. The van der Waals surface area contributed by atoms with Crippen LogP contribution < -0.4 is 5.73 Å². The number of carbonyl (C=O) groups excluding carboxylic acids is 1. The van der Waals surface area contributed by atoms with Gasteiger partial charge in [-0.2, -0.15) is 0 Å². The third-order valence-electron chi connectivity index (χ3n) is 0.942. The van der Waals surface area contributed by atoms with E-state index in [0.717, 1.165) is 0 Å². The number of amides is 1. The van der Waals surface area contributed by atoms with Gasteiger partial charge in [0.1, 0.15) is 6.20 Å². The van der Waals surface area contributed by atoms with Gasteiger partial charge in [-0.1, -0.05) is 11.6 Å². The van der Waals surface area contributed by atoms with Crippen molar-refractivity contribution in [1.82, 2.24) is 4.98 Å². The van der Waals surface area contributed by atoms with Crippen molar-refractivity contribution in [2.45, 2.75) is 0 Å². The fraction of sp³-hybridized carbons (Fsp3) is 0. The zero-order valence-corrected chi connectivity index (χ0v) is 5.72. The number of rotatable bonds is 1. The molecule has 0 aliphatic heterocycles. The van der Waals surface area contributed by atoms with Crippen LogP contribution in [0.15, 0.2) is 12.3 Å². The number of pyridine rings is 1. The molecule has 0 atom stereocenters. The summed E-state index contributed by atoms with van der Waals surface area (Å²) in [6, 6.07) is 1.41. The van der Waals surface area contributed by atoms with Crippen molar-refractivity contribution >= 4 is 17.5 Å². The fourth-order valence-corrected chi connectivity index (χ4v) is 0.671. The molecule has 1 aromatic heterocycles. The molecule has 51 valence electrons. The molecule has 0 aliphatic carbocycles. The molecular weight excluding hydrogens is 152 g/mol. The summed E-state index contributed by atoms with van der Waals surface area (Å²) in [5.41, 5.74) is 5.23. The number of nitrogens with two attached hydrogens (primary N) is 1. The molecule has 0 fully saturated rings. The van der Waals surface area contributed by atoms with Gasteiger partial charge in [-0.15, -0.1) is 0 Å². The lowest BCUT2D eigenvalue weighted by molar-refractivity contribution is 0.1000. The maximum Gasteiger partial charge on any atom is 0.250 e. The van der Waals surface area contributed by atoms with Gasteiger partial charge in [0.05, 0.1) is 10.6 Å². The molecule has 2 N–H and O–H groups in total. The van der Waals surface area contributed by atoms with E-state index in [0.29, 0.717) is 5.56 Å². The average molecular weight is 156 g/mol. The van der Waals surface area contributed by atoms with Crippen LogP contribution in [-0.2, 0) is 0 Å². The van der Waals surface area contributed by atoms with E-state index in [1.165, 1.54) is 12.3 Å². The second-order valence-electron chi connectivity index (χ2n) is 1.68. The molecule has 0 bridgehead atoms. The van der Waals surface area contributed by atoms with Crippen molar-refractivity contribution in [2.75, 3.05) is 0 Å². The van der Waals surface area contributed by atoms with Crippen molar-refractivity contribution < 1.29 is 4.79 Å². The van der Waals surface area contributed by atoms with Gasteiger partial charge in [-0.05, 0) is 6.07 Å². The van der Waals surface area contributed by atoms with Gasteiger partial charge in [0.15, 0.2) is 0 Å². The number of nitrogens with zero attached hydrogens (tertiary/aromatic N) is 1. The highest BCUT2D eigenvalue weighted by atomic mass is 35.5. The highest BCUT2D eigenvalue weighted by Crippen LogP contribution is 2.06. The van der Waals surface area contributed by atoms with Gasteiger partial charge >= 0.3 is 0 Å². The second kappa shape index (κ2) is 2.66. The van der Waals surface area contributed by atoms with Gasteiger partial charge in [0.2, 0.25) is 5.91 Å². The minimum atomic E-state index is -0.539. The first-order chi connectivity index (χ1) is 4.70. The van der Waals surface area contributed by atoms with E-state index in [9.17, 15) is 4.79 Å². The molecule has 1 heterocycles. The van der Waals surface area contributed by atoms with Crippen molar-refractivity contribution in [3.05, 3.63) is 29.0 Å². The third-order valence-corrected chi connectivity index (χ3v) is 1.14. The van der Waals surface area contributed by atoms with Crippen molar-refractivity contribution in [1.29, 1.82) is 0 Å². The lowest BCUT2D eigenvalue weighted by Gasteiger charge is -1.91. The molecule has 1 amide bonds. The second-order valence-corrected chi connectivity index (χ2v) is 2.09. The van der Waals surface area contributed by atoms with E-state index in [1.807, 2.05) is 0 Å². The molecule has 0 spiro atoms. The number of halogens is 1. The average Bonchev–Trinajstić information content (AvgIpc) is 1.88. The van der Waals surface area contributed by atoms with Gasteiger partial charge in [-0.25, -0.2) is 0 Å².